The molecule has 21 heavy (non-hydrogen) atoms. The number of benzene rings is 1. The smallest absolute Gasteiger partial charge is 0.326 e. The molecule has 1 aromatic carbocycles. The van der Waals surface area contributed by atoms with Crippen LogP contribution in [0.5, 0.6) is 11.5 Å². The Morgan fingerprint density at radius 1 is 1.29 bits per heavy atom. The molecule has 0 radical (unpaired) electrons. The quantitative estimate of drug-likeness (QED) is 0.840. The highest BCUT2D eigenvalue weighted by Crippen LogP contribution is 2.34. The number of carbonyl (C=O) groups is 1. The van der Waals surface area contributed by atoms with E-state index in [9.17, 15) is 4.79 Å². The van der Waals surface area contributed by atoms with Crippen LogP contribution in [0.4, 0.5) is 0 Å². The Kier molecular flexibility index (Phi) is 4.73. The van der Waals surface area contributed by atoms with Crippen LogP contribution in [0.2, 0.25) is 0 Å². The maximum atomic E-state index is 12.2. The van der Waals surface area contributed by atoms with E-state index in [1.807, 2.05) is 19.1 Å². The molecule has 0 aliphatic carbocycles. The van der Waals surface area contributed by atoms with E-state index in [1.54, 1.807) is 14.2 Å². The van der Waals surface area contributed by atoms with E-state index in [0.717, 1.165) is 36.3 Å². The van der Waals surface area contributed by atoms with Crippen molar-refractivity contribution in [2.24, 2.45) is 0 Å². The molecule has 2 rings (SSSR count). The van der Waals surface area contributed by atoms with Crippen LogP contribution >= 0.6 is 0 Å². The molecule has 116 valence electrons. The molecule has 5 heteroatoms. The first-order valence-corrected chi connectivity index (χ1v) is 7.11. The average molecular weight is 293 g/mol. The van der Waals surface area contributed by atoms with Gasteiger partial charge in [0.25, 0.3) is 0 Å². The molecule has 1 N–H and O–H groups in total. The largest absolute Gasteiger partial charge is 0.493 e. The lowest BCUT2D eigenvalue weighted by Gasteiger charge is -2.27. The Hall–Kier alpha value is -1.75. The van der Waals surface area contributed by atoms with Crippen LogP contribution in [0, 0.1) is 6.92 Å². The topological polar surface area (TPSA) is 56.8 Å². The van der Waals surface area contributed by atoms with Crippen molar-refractivity contribution >= 4 is 5.97 Å². The summed E-state index contributed by atoms with van der Waals surface area (Å²) in [6.45, 7) is 2.80. The van der Waals surface area contributed by atoms with Gasteiger partial charge in [-0.3, -0.25) is 4.79 Å². The summed E-state index contributed by atoms with van der Waals surface area (Å²) < 4.78 is 15.7. The second-order valence-corrected chi connectivity index (χ2v) is 5.43. The predicted octanol–water partition coefficient (Wildman–Crippen LogP) is 1.85. The number of nitrogens with one attached hydrogen (secondary N) is 1. The zero-order valence-electron chi connectivity index (χ0n) is 13.1. The van der Waals surface area contributed by atoms with Crippen LogP contribution in [0.3, 0.4) is 0 Å². The molecule has 0 bridgehead atoms. The Balaban J connectivity index is 2.33. The van der Waals surface area contributed by atoms with Crippen molar-refractivity contribution in [3.8, 4) is 11.5 Å². The van der Waals surface area contributed by atoms with Crippen LogP contribution < -0.4 is 14.8 Å². The minimum atomic E-state index is -0.624. The zero-order chi connectivity index (χ0) is 15.5. The molecule has 0 amide bonds. The van der Waals surface area contributed by atoms with Crippen LogP contribution in [-0.2, 0) is 16.0 Å². The molecule has 1 aromatic rings. The molecule has 1 saturated heterocycles. The second-order valence-electron chi connectivity index (χ2n) is 5.43. The number of aryl methyl sites for hydroxylation is 1. The maximum absolute atomic E-state index is 12.2. The lowest BCUT2D eigenvalue weighted by atomic mass is 9.88. The maximum Gasteiger partial charge on any atom is 0.326 e. The van der Waals surface area contributed by atoms with Gasteiger partial charge >= 0.3 is 5.97 Å². The highest BCUT2D eigenvalue weighted by Gasteiger charge is 2.42. The van der Waals surface area contributed by atoms with Gasteiger partial charge in [0.2, 0.25) is 0 Å². The number of hydrogen-bond acceptors (Lipinski definition) is 5. The van der Waals surface area contributed by atoms with Crippen LogP contribution in [0.1, 0.15) is 24.0 Å². The summed E-state index contributed by atoms with van der Waals surface area (Å²) >= 11 is 0. The van der Waals surface area contributed by atoms with Gasteiger partial charge in [-0.15, -0.1) is 0 Å². The molecule has 1 unspecified atom stereocenters. The van der Waals surface area contributed by atoms with Gasteiger partial charge in [-0.05, 0) is 43.5 Å². The van der Waals surface area contributed by atoms with Gasteiger partial charge in [0.1, 0.15) is 5.54 Å². The van der Waals surface area contributed by atoms with Gasteiger partial charge in [-0.1, -0.05) is 6.07 Å². The summed E-state index contributed by atoms with van der Waals surface area (Å²) in [6, 6.07) is 3.96. The number of methoxy groups -OCH3 is 3. The molecule has 1 fully saturated rings. The van der Waals surface area contributed by atoms with Crippen molar-refractivity contribution < 1.29 is 19.0 Å². The van der Waals surface area contributed by atoms with Gasteiger partial charge < -0.3 is 19.5 Å². The minimum absolute atomic E-state index is 0.201. The zero-order valence-corrected chi connectivity index (χ0v) is 13.1. The molecule has 1 atom stereocenters. The molecular formula is C16H23NO4. The fraction of sp³-hybridized carbons (Fsp3) is 0.562. The van der Waals surface area contributed by atoms with Gasteiger partial charge in [0, 0.05) is 6.42 Å². The van der Waals surface area contributed by atoms with Crippen molar-refractivity contribution in [3.05, 3.63) is 23.3 Å². The summed E-state index contributed by atoms with van der Waals surface area (Å²) in [5.41, 5.74) is 1.40. The SMILES string of the molecule is COC(=O)C1(Cc2cc(C)c(OC)c(OC)c2)CCCN1. The van der Waals surface area contributed by atoms with Crippen molar-refractivity contribution in [1.29, 1.82) is 0 Å². The summed E-state index contributed by atoms with van der Waals surface area (Å²) in [4.78, 5) is 12.2. The third-order valence-corrected chi connectivity index (χ3v) is 4.05. The summed E-state index contributed by atoms with van der Waals surface area (Å²) in [5, 5.41) is 3.31. The van der Waals surface area contributed by atoms with Crippen molar-refractivity contribution in [2.45, 2.75) is 31.7 Å². The van der Waals surface area contributed by atoms with Gasteiger partial charge in [0.05, 0.1) is 21.3 Å². The lowest BCUT2D eigenvalue weighted by molar-refractivity contribution is -0.148. The number of hydrogen-bond donors (Lipinski definition) is 1. The second kappa shape index (κ2) is 6.35. The highest BCUT2D eigenvalue weighted by atomic mass is 16.5. The third-order valence-electron chi connectivity index (χ3n) is 4.05. The number of rotatable bonds is 5. The Morgan fingerprint density at radius 2 is 2.05 bits per heavy atom. The first-order chi connectivity index (χ1) is 10.1. The van der Waals surface area contributed by atoms with Gasteiger partial charge in [0.15, 0.2) is 11.5 Å². The highest BCUT2D eigenvalue weighted by molar-refractivity contribution is 5.81. The standard InChI is InChI=1S/C16H23NO4/c1-11-8-12(9-13(19-2)14(11)20-3)10-16(15(18)21-4)6-5-7-17-16/h8-9,17H,5-7,10H2,1-4H3. The number of ether oxygens (including phenoxy) is 3. The average Bonchev–Trinajstić information content (AvgIpc) is 2.95. The summed E-state index contributed by atoms with van der Waals surface area (Å²) in [7, 11) is 4.67. The van der Waals surface area contributed by atoms with E-state index >= 15 is 0 Å². The fourth-order valence-electron chi connectivity index (χ4n) is 3.08. The van der Waals surface area contributed by atoms with Gasteiger partial charge in [-0.2, -0.15) is 0 Å². The number of esters is 1. The molecule has 1 aliphatic heterocycles. The summed E-state index contributed by atoms with van der Waals surface area (Å²) in [6.07, 6.45) is 2.34. The van der Waals surface area contributed by atoms with E-state index in [0.29, 0.717) is 12.2 Å². The first-order valence-electron chi connectivity index (χ1n) is 7.11. The normalized spacial score (nSPS) is 21.1. The Bertz CT molecular complexity index is 521. The van der Waals surface area contributed by atoms with Crippen LogP contribution in [0.15, 0.2) is 12.1 Å². The molecule has 0 aromatic heterocycles. The molecule has 1 aliphatic rings. The molecule has 1 heterocycles. The summed E-state index contributed by atoms with van der Waals surface area (Å²) in [5.74, 6) is 1.21. The Labute approximate surface area is 125 Å². The van der Waals surface area contributed by atoms with E-state index in [2.05, 4.69) is 5.32 Å². The molecule has 0 spiro atoms. The monoisotopic (exact) mass is 293 g/mol. The molecular weight excluding hydrogens is 270 g/mol. The predicted molar refractivity (Wildman–Crippen MR) is 80.0 cm³/mol. The third kappa shape index (κ3) is 2.97. The molecule has 0 saturated carbocycles. The van der Waals surface area contributed by atoms with E-state index in [-0.39, 0.29) is 5.97 Å². The first kappa shape index (κ1) is 15.6. The van der Waals surface area contributed by atoms with E-state index in [1.165, 1.54) is 7.11 Å². The van der Waals surface area contributed by atoms with Crippen molar-refractivity contribution in [3.63, 3.8) is 0 Å². The number of carbonyl (C=O) groups excluding carboxylic acids is 1. The van der Waals surface area contributed by atoms with Crippen LogP contribution in [0.25, 0.3) is 0 Å². The van der Waals surface area contributed by atoms with Gasteiger partial charge in [-0.25, -0.2) is 0 Å². The fourth-order valence-corrected chi connectivity index (χ4v) is 3.08. The van der Waals surface area contributed by atoms with Crippen LogP contribution in [-0.4, -0.2) is 39.4 Å². The van der Waals surface area contributed by atoms with E-state index < -0.39 is 5.54 Å². The molecule has 5 nitrogen and oxygen atoms in total. The minimum Gasteiger partial charge on any atom is -0.493 e. The van der Waals surface area contributed by atoms with Crippen molar-refractivity contribution in [2.75, 3.05) is 27.9 Å². The lowest BCUT2D eigenvalue weighted by Crippen LogP contribution is -2.50. The Morgan fingerprint density at radius 3 is 2.57 bits per heavy atom. The van der Waals surface area contributed by atoms with E-state index in [4.69, 9.17) is 14.2 Å². The van der Waals surface area contributed by atoms with Crippen molar-refractivity contribution in [1.82, 2.24) is 5.32 Å².